The molecule has 5 aromatic rings. The Morgan fingerprint density at radius 1 is 0.475 bits per heavy atom. The molecule has 0 heterocycles. The highest BCUT2D eigenvalue weighted by atomic mass is 19.4. The normalized spacial score (nSPS) is 12.8. The molecule has 0 bridgehead atoms. The Labute approximate surface area is 336 Å². The lowest BCUT2D eigenvalue weighted by atomic mass is 9.72. The first-order valence-corrected chi connectivity index (χ1v) is 17.1. The van der Waals surface area contributed by atoms with Crippen LogP contribution in [-0.2, 0) is 10.8 Å². The van der Waals surface area contributed by atoms with Gasteiger partial charge < -0.3 is 36.0 Å². The van der Waals surface area contributed by atoms with Crippen LogP contribution in [-0.4, -0.2) is 58.9 Å². The van der Waals surface area contributed by atoms with E-state index in [1.54, 1.807) is 0 Å². The van der Waals surface area contributed by atoms with Gasteiger partial charge in [0.1, 0.15) is 28.7 Å². The monoisotopic (exact) mass is 875 g/mol. The molecule has 6 N–H and O–H groups in total. The third kappa shape index (κ3) is 8.49. The van der Waals surface area contributed by atoms with Crippen LogP contribution in [0.25, 0.3) is 0 Å². The Morgan fingerprint density at radius 3 is 1.15 bits per heavy atom. The number of amides is 2. The minimum absolute atomic E-state index is 0.0488. The van der Waals surface area contributed by atoms with Crippen LogP contribution >= 0.6 is 0 Å². The Kier molecular flexibility index (Phi) is 11.9. The minimum atomic E-state index is -6.04. The number of phenolic OH excluding ortho intramolecular Hbond substituents is 3. The van der Waals surface area contributed by atoms with E-state index in [0.717, 1.165) is 31.3 Å². The number of alkyl halides is 12. The van der Waals surface area contributed by atoms with Crippen LogP contribution < -0.4 is 20.7 Å². The molecule has 2 amide bonds. The number of carbonyl (C=O) groups excluding carboxylic acids is 2. The van der Waals surface area contributed by atoms with Crippen molar-refractivity contribution in [2.75, 3.05) is 23.0 Å². The Bertz CT molecular complexity index is 2400. The molecule has 0 saturated carbocycles. The van der Waals surface area contributed by atoms with Crippen molar-refractivity contribution >= 4 is 28.9 Å². The maximum absolute atomic E-state index is 14.7. The van der Waals surface area contributed by atoms with Gasteiger partial charge in [-0.05, 0) is 109 Å². The number of aromatic hydroxyl groups is 3. The summed E-state index contributed by atoms with van der Waals surface area (Å²) in [6.07, 6.45) is -23.7. The van der Waals surface area contributed by atoms with Crippen LogP contribution in [0.4, 0.5) is 69.7 Å². The average Bonchev–Trinajstić information content (AvgIpc) is 3.16. The molecule has 0 atom stereocenters. The predicted molar refractivity (Wildman–Crippen MR) is 195 cm³/mol. The van der Waals surface area contributed by atoms with E-state index in [-0.39, 0.29) is 29.5 Å². The second kappa shape index (κ2) is 16.0. The lowest BCUT2D eigenvalue weighted by Gasteiger charge is -2.38. The van der Waals surface area contributed by atoms with E-state index >= 15 is 0 Å². The van der Waals surface area contributed by atoms with Gasteiger partial charge in [-0.15, -0.1) is 0 Å². The number of halogens is 12. The first kappa shape index (κ1) is 45.3. The number of carbonyl (C=O) groups is 2. The minimum Gasteiger partial charge on any atom is -0.506 e. The molecular weight excluding hydrogens is 846 g/mol. The SMILES string of the molecule is CNc1cc(C(c2ccc(O)c(NC(=O)c3ccc(Oc4ccc(C(=O)Nc5cc(C(C)(C(F)(F)F)C(F)(F)F)ccc5O)cc4)cc3)c2)(C(F)(F)F)C(F)(F)F)ccc1O. The van der Waals surface area contributed by atoms with Crippen LogP contribution in [0.5, 0.6) is 28.7 Å². The fraction of sp³-hybridized carbons (Fsp3) is 0.200. The van der Waals surface area contributed by atoms with E-state index in [9.17, 15) is 77.6 Å². The number of nitrogens with one attached hydrogen (secondary N) is 3. The van der Waals surface area contributed by atoms with Crippen LogP contribution in [0, 0.1) is 0 Å². The maximum Gasteiger partial charge on any atom is 0.411 e. The van der Waals surface area contributed by atoms with Gasteiger partial charge in [-0.2, -0.15) is 52.7 Å². The van der Waals surface area contributed by atoms with Crippen molar-refractivity contribution in [2.24, 2.45) is 0 Å². The van der Waals surface area contributed by atoms with Crippen LogP contribution in [0.1, 0.15) is 44.3 Å². The molecule has 0 saturated heterocycles. The predicted octanol–water partition coefficient (Wildman–Crippen LogP) is 10.9. The summed E-state index contributed by atoms with van der Waals surface area (Å²) in [5, 5.41) is 36.8. The second-order valence-corrected chi connectivity index (χ2v) is 13.4. The number of rotatable bonds is 10. The van der Waals surface area contributed by atoms with Crippen molar-refractivity contribution in [2.45, 2.75) is 42.5 Å². The highest BCUT2D eigenvalue weighted by molar-refractivity contribution is 6.06. The van der Waals surface area contributed by atoms with E-state index in [1.807, 2.05) is 0 Å². The third-order valence-corrected chi connectivity index (χ3v) is 9.65. The third-order valence-electron chi connectivity index (χ3n) is 9.65. The van der Waals surface area contributed by atoms with Gasteiger partial charge in [-0.1, -0.05) is 18.2 Å². The Balaban J connectivity index is 1.32. The fourth-order valence-electron chi connectivity index (χ4n) is 6.13. The summed E-state index contributed by atoms with van der Waals surface area (Å²) in [7, 11) is 1.16. The van der Waals surface area contributed by atoms with Crippen molar-refractivity contribution in [1.29, 1.82) is 0 Å². The molecule has 0 unspecified atom stereocenters. The molecule has 21 heteroatoms. The molecule has 5 aromatic carbocycles. The summed E-state index contributed by atoms with van der Waals surface area (Å²) in [6, 6.07) is 13.6. The molecule has 0 radical (unpaired) electrons. The number of phenols is 3. The van der Waals surface area contributed by atoms with Crippen molar-refractivity contribution in [3.8, 4) is 28.7 Å². The molecule has 0 fully saturated rings. The fourth-order valence-corrected chi connectivity index (χ4v) is 6.13. The van der Waals surface area contributed by atoms with Gasteiger partial charge in [-0.3, -0.25) is 9.59 Å². The van der Waals surface area contributed by atoms with Crippen LogP contribution in [0.2, 0.25) is 0 Å². The molecular formula is C40H29F12N3O6. The maximum atomic E-state index is 14.7. The first-order chi connectivity index (χ1) is 28.1. The summed E-state index contributed by atoms with van der Waals surface area (Å²) in [4.78, 5) is 25.9. The highest BCUT2D eigenvalue weighted by Crippen LogP contribution is 2.58. The Morgan fingerprint density at radius 2 is 0.803 bits per heavy atom. The molecule has 324 valence electrons. The van der Waals surface area contributed by atoms with Gasteiger partial charge >= 0.3 is 24.7 Å². The standard InChI is InChI=1S/C40H29F12N3O6/c1-35(37(41,42)43,38(44,45)46)22-7-14-31(57)28(17-22)54-33(59)20-3-10-25(11-4-20)61-26-12-5-21(6-13-26)34(60)55-29-19-24(9-16-32(29)58)36(39(47,48)49,40(50,51)52)23-8-15-30(56)27(18-23)53-2/h3-19,53,56-58H,1-2H3,(H,54,59)(H,55,60). The molecule has 0 aliphatic carbocycles. The first-order valence-electron chi connectivity index (χ1n) is 17.1. The van der Waals surface area contributed by atoms with Crippen molar-refractivity contribution in [3.63, 3.8) is 0 Å². The quantitative estimate of drug-likeness (QED) is 0.0606. The zero-order valence-electron chi connectivity index (χ0n) is 30.9. The lowest BCUT2D eigenvalue weighted by molar-refractivity contribution is -0.297. The van der Waals surface area contributed by atoms with Crippen molar-refractivity contribution in [3.05, 3.63) is 131 Å². The highest BCUT2D eigenvalue weighted by Gasteiger charge is 2.73. The molecule has 0 aromatic heterocycles. The molecule has 0 spiro atoms. The van der Waals surface area contributed by atoms with Gasteiger partial charge in [-0.25, -0.2) is 0 Å². The molecule has 5 rings (SSSR count). The van der Waals surface area contributed by atoms with E-state index < -0.39 is 98.4 Å². The Hall–Kier alpha value is -6.80. The average molecular weight is 876 g/mol. The molecule has 61 heavy (non-hydrogen) atoms. The van der Waals surface area contributed by atoms with E-state index in [4.69, 9.17) is 4.74 Å². The van der Waals surface area contributed by atoms with Gasteiger partial charge in [0.15, 0.2) is 5.41 Å². The summed E-state index contributed by atoms with van der Waals surface area (Å²) < 4.78 is 176. The van der Waals surface area contributed by atoms with E-state index in [2.05, 4.69) is 16.0 Å². The molecule has 9 nitrogen and oxygen atoms in total. The smallest absolute Gasteiger partial charge is 0.411 e. The van der Waals surface area contributed by atoms with Crippen LogP contribution in [0.3, 0.4) is 0 Å². The van der Waals surface area contributed by atoms with Gasteiger partial charge in [0, 0.05) is 18.2 Å². The number of anilines is 3. The van der Waals surface area contributed by atoms with E-state index in [1.165, 1.54) is 24.3 Å². The molecule has 0 aliphatic heterocycles. The van der Waals surface area contributed by atoms with Crippen molar-refractivity contribution < 1.29 is 82.3 Å². The summed E-state index contributed by atoms with van der Waals surface area (Å²) in [5.74, 6) is -4.37. The van der Waals surface area contributed by atoms with Gasteiger partial charge in [0.25, 0.3) is 11.8 Å². The number of ether oxygens (including phenoxy) is 1. The number of benzene rings is 5. The second-order valence-electron chi connectivity index (χ2n) is 13.4. The zero-order chi connectivity index (χ0) is 45.5. The summed E-state index contributed by atoms with van der Waals surface area (Å²) in [6.45, 7) is -0.0873. The largest absolute Gasteiger partial charge is 0.506 e. The zero-order valence-corrected chi connectivity index (χ0v) is 30.9. The number of hydrogen-bond acceptors (Lipinski definition) is 7. The van der Waals surface area contributed by atoms with E-state index in [0.29, 0.717) is 54.6 Å². The van der Waals surface area contributed by atoms with Crippen molar-refractivity contribution in [1.82, 2.24) is 0 Å². The molecule has 0 aliphatic rings. The topological polar surface area (TPSA) is 140 Å². The summed E-state index contributed by atoms with van der Waals surface area (Å²) in [5.41, 5.74) is -15.5. The van der Waals surface area contributed by atoms with Gasteiger partial charge in [0.2, 0.25) is 5.41 Å². The van der Waals surface area contributed by atoms with Crippen LogP contribution in [0.15, 0.2) is 103 Å². The lowest BCUT2D eigenvalue weighted by Crippen LogP contribution is -2.54. The summed E-state index contributed by atoms with van der Waals surface area (Å²) >= 11 is 0. The van der Waals surface area contributed by atoms with Gasteiger partial charge in [0.05, 0.1) is 17.1 Å². The number of hydrogen-bond donors (Lipinski definition) is 6.